The number of para-hydroxylation sites is 1. The molecule has 4 nitrogen and oxygen atoms in total. The summed E-state index contributed by atoms with van der Waals surface area (Å²) in [5, 5.41) is 19.7. The van der Waals surface area contributed by atoms with Gasteiger partial charge in [0.15, 0.2) is 5.75 Å². The number of carbonyl (C=O) groups is 1. The van der Waals surface area contributed by atoms with Gasteiger partial charge in [0.2, 0.25) is 0 Å². The van der Waals surface area contributed by atoms with E-state index in [0.717, 1.165) is 17.7 Å². The van der Waals surface area contributed by atoms with E-state index >= 15 is 0 Å². The van der Waals surface area contributed by atoms with Crippen LogP contribution in [0.2, 0.25) is 0 Å². The van der Waals surface area contributed by atoms with Gasteiger partial charge in [0, 0.05) is 11.3 Å². The molecule has 1 atom stereocenters. The van der Waals surface area contributed by atoms with Gasteiger partial charge < -0.3 is 10.2 Å². The monoisotopic (exact) mass is 421 g/mol. The SMILES string of the molecule is C=C/C(=C\C=C/C)CC(C)c1nc2c(C(F)(F)F)cccc2c(C(=O)O)c1O.CC. The van der Waals surface area contributed by atoms with Gasteiger partial charge in [-0.2, -0.15) is 13.2 Å². The van der Waals surface area contributed by atoms with E-state index in [9.17, 15) is 28.2 Å². The molecule has 7 heteroatoms. The summed E-state index contributed by atoms with van der Waals surface area (Å²) in [4.78, 5) is 15.7. The molecule has 2 rings (SSSR count). The van der Waals surface area contributed by atoms with Gasteiger partial charge in [0.1, 0.15) is 5.56 Å². The fraction of sp³-hybridized carbons (Fsp3) is 0.304. The number of halogens is 3. The second kappa shape index (κ2) is 10.6. The molecule has 0 bridgehead atoms. The molecule has 30 heavy (non-hydrogen) atoms. The normalized spacial score (nSPS) is 13.1. The maximum absolute atomic E-state index is 13.4. The number of rotatable bonds is 6. The number of alkyl halides is 3. The van der Waals surface area contributed by atoms with Crippen LogP contribution in [0.25, 0.3) is 10.9 Å². The first-order valence-corrected chi connectivity index (χ1v) is 9.52. The highest BCUT2D eigenvalue weighted by molar-refractivity contribution is 6.06. The Morgan fingerprint density at radius 1 is 1.30 bits per heavy atom. The van der Waals surface area contributed by atoms with Crippen molar-refractivity contribution in [2.45, 2.75) is 46.2 Å². The molecule has 0 saturated heterocycles. The maximum Gasteiger partial charge on any atom is 0.418 e. The first-order valence-electron chi connectivity index (χ1n) is 9.52. The van der Waals surface area contributed by atoms with E-state index in [2.05, 4.69) is 11.6 Å². The average Bonchev–Trinajstić information content (AvgIpc) is 2.70. The van der Waals surface area contributed by atoms with Gasteiger partial charge in [-0.05, 0) is 25.0 Å². The van der Waals surface area contributed by atoms with Gasteiger partial charge in [0.05, 0.1) is 16.8 Å². The van der Waals surface area contributed by atoms with Crippen molar-refractivity contribution in [3.05, 3.63) is 71.5 Å². The summed E-state index contributed by atoms with van der Waals surface area (Å²) in [6.07, 6.45) is 2.56. The topological polar surface area (TPSA) is 70.4 Å². The molecular formula is C23H26F3NO3. The molecule has 0 aliphatic carbocycles. The molecule has 1 heterocycles. The number of benzene rings is 1. The molecule has 2 N–H and O–H groups in total. The second-order valence-corrected chi connectivity index (χ2v) is 6.30. The van der Waals surface area contributed by atoms with E-state index in [1.54, 1.807) is 31.2 Å². The van der Waals surface area contributed by atoms with Crippen molar-refractivity contribution in [1.82, 2.24) is 4.98 Å². The first-order chi connectivity index (χ1) is 14.1. The van der Waals surface area contributed by atoms with E-state index in [1.807, 2.05) is 20.8 Å². The number of fused-ring (bicyclic) bond motifs is 1. The summed E-state index contributed by atoms with van der Waals surface area (Å²) < 4.78 is 40.2. The molecule has 0 fully saturated rings. The van der Waals surface area contributed by atoms with Crippen LogP contribution in [0.1, 0.15) is 61.6 Å². The fourth-order valence-corrected chi connectivity index (χ4v) is 2.97. The molecule has 0 saturated carbocycles. The summed E-state index contributed by atoms with van der Waals surface area (Å²) in [5.41, 5.74) is -1.46. The standard InChI is InChI=1S/C21H20F3NO3.C2H6/c1-4-6-8-13(5-2)11-12(3)17-19(26)16(20(27)28)14-9-7-10-15(18(14)25-17)21(22,23)24;1-2/h4-10,12,26H,2,11H2,1,3H3,(H,27,28);1-2H3/b6-4-,13-8+;. The third-order valence-electron chi connectivity index (χ3n) is 4.31. The molecule has 0 aliphatic rings. The lowest BCUT2D eigenvalue weighted by Gasteiger charge is -2.18. The Morgan fingerprint density at radius 2 is 1.93 bits per heavy atom. The quantitative estimate of drug-likeness (QED) is 0.500. The number of carboxylic acid groups (broad SMARTS) is 1. The van der Waals surface area contributed by atoms with Gasteiger partial charge in [0.25, 0.3) is 0 Å². The van der Waals surface area contributed by atoms with E-state index < -0.39 is 40.5 Å². The molecular weight excluding hydrogens is 395 g/mol. The highest BCUT2D eigenvalue weighted by atomic mass is 19.4. The van der Waals surface area contributed by atoms with Crippen molar-refractivity contribution in [2.75, 3.05) is 0 Å². The summed E-state index contributed by atoms with van der Waals surface area (Å²) in [5.74, 6) is -2.69. The van der Waals surface area contributed by atoms with Crippen LogP contribution < -0.4 is 0 Å². The molecule has 1 unspecified atom stereocenters. The number of allylic oxidation sites excluding steroid dienone is 5. The van der Waals surface area contributed by atoms with Crippen molar-refractivity contribution in [3.8, 4) is 5.75 Å². The predicted molar refractivity (Wildman–Crippen MR) is 113 cm³/mol. The zero-order chi connectivity index (χ0) is 23.1. The van der Waals surface area contributed by atoms with E-state index in [0.29, 0.717) is 6.42 Å². The smallest absolute Gasteiger partial charge is 0.418 e. The Balaban J connectivity index is 0.00000218. The van der Waals surface area contributed by atoms with Crippen LogP contribution >= 0.6 is 0 Å². The Labute approximate surface area is 174 Å². The van der Waals surface area contributed by atoms with E-state index in [1.165, 1.54) is 6.07 Å². The number of nitrogens with zero attached hydrogens (tertiary/aromatic N) is 1. The van der Waals surface area contributed by atoms with Crippen LogP contribution in [-0.2, 0) is 6.18 Å². The van der Waals surface area contributed by atoms with Crippen molar-refractivity contribution in [2.24, 2.45) is 0 Å². The molecule has 1 aromatic carbocycles. The van der Waals surface area contributed by atoms with Crippen molar-refractivity contribution in [1.29, 1.82) is 0 Å². The first kappa shape index (κ1) is 24.9. The van der Waals surface area contributed by atoms with Gasteiger partial charge >= 0.3 is 12.1 Å². The van der Waals surface area contributed by atoms with E-state index in [-0.39, 0.29) is 11.1 Å². The fourth-order valence-electron chi connectivity index (χ4n) is 2.97. The van der Waals surface area contributed by atoms with Gasteiger partial charge in [-0.15, -0.1) is 0 Å². The Morgan fingerprint density at radius 3 is 2.43 bits per heavy atom. The average molecular weight is 421 g/mol. The van der Waals surface area contributed by atoms with Crippen LogP contribution in [0.5, 0.6) is 5.75 Å². The molecule has 0 aliphatic heterocycles. The lowest BCUT2D eigenvalue weighted by Crippen LogP contribution is -2.11. The Kier molecular flexibility index (Phi) is 8.83. The van der Waals surface area contributed by atoms with Gasteiger partial charge in [-0.3, -0.25) is 0 Å². The number of hydrogen-bond donors (Lipinski definition) is 2. The van der Waals surface area contributed by atoms with Gasteiger partial charge in [-0.25, -0.2) is 9.78 Å². The van der Waals surface area contributed by atoms with Crippen LogP contribution in [0, 0.1) is 0 Å². The number of aromatic hydroxyl groups is 1. The Hall–Kier alpha value is -3.09. The number of aromatic nitrogens is 1. The summed E-state index contributed by atoms with van der Waals surface area (Å²) in [7, 11) is 0. The molecule has 162 valence electrons. The molecule has 2 aromatic rings. The molecule has 1 aromatic heterocycles. The largest absolute Gasteiger partial charge is 0.505 e. The summed E-state index contributed by atoms with van der Waals surface area (Å²) in [6, 6.07) is 3.14. The predicted octanol–water partition coefficient (Wildman–Crippen LogP) is 6.87. The number of aromatic carboxylic acids is 1. The highest BCUT2D eigenvalue weighted by Gasteiger charge is 2.35. The van der Waals surface area contributed by atoms with Crippen molar-refractivity contribution in [3.63, 3.8) is 0 Å². The highest BCUT2D eigenvalue weighted by Crippen LogP contribution is 2.40. The second-order valence-electron chi connectivity index (χ2n) is 6.30. The summed E-state index contributed by atoms with van der Waals surface area (Å²) >= 11 is 0. The van der Waals surface area contributed by atoms with Crippen molar-refractivity contribution < 1.29 is 28.2 Å². The number of pyridine rings is 1. The third kappa shape index (κ3) is 5.49. The maximum atomic E-state index is 13.4. The summed E-state index contributed by atoms with van der Waals surface area (Å²) in [6.45, 7) is 11.2. The Bertz CT molecular complexity index is 976. The van der Waals surface area contributed by atoms with Crippen LogP contribution in [0.3, 0.4) is 0 Å². The zero-order valence-electron chi connectivity index (χ0n) is 17.4. The third-order valence-corrected chi connectivity index (χ3v) is 4.31. The van der Waals surface area contributed by atoms with Crippen LogP contribution in [0.4, 0.5) is 13.2 Å². The molecule has 0 amide bonds. The zero-order valence-corrected chi connectivity index (χ0v) is 17.4. The molecule has 0 radical (unpaired) electrons. The lowest BCUT2D eigenvalue weighted by molar-refractivity contribution is -0.136. The minimum Gasteiger partial charge on any atom is -0.505 e. The van der Waals surface area contributed by atoms with Crippen LogP contribution in [0.15, 0.2) is 54.7 Å². The minimum atomic E-state index is -4.71. The lowest BCUT2D eigenvalue weighted by atomic mass is 9.93. The molecule has 0 spiro atoms. The minimum absolute atomic E-state index is 0.102. The number of carboxylic acids is 1. The van der Waals surface area contributed by atoms with Crippen LogP contribution in [-0.4, -0.2) is 21.2 Å². The van der Waals surface area contributed by atoms with Crippen molar-refractivity contribution >= 4 is 16.9 Å². The van der Waals surface area contributed by atoms with E-state index in [4.69, 9.17) is 0 Å². The number of hydrogen-bond acceptors (Lipinski definition) is 3. The van der Waals surface area contributed by atoms with Gasteiger partial charge in [-0.1, -0.05) is 63.8 Å².